The van der Waals surface area contributed by atoms with Crippen LogP contribution < -0.4 is 11.2 Å². The maximum atomic E-state index is 12.0. The van der Waals surface area contributed by atoms with Crippen molar-refractivity contribution in [3.05, 3.63) is 45.3 Å². The Labute approximate surface area is 130 Å². The van der Waals surface area contributed by atoms with E-state index in [1.807, 2.05) is 6.92 Å². The van der Waals surface area contributed by atoms with Gasteiger partial charge >= 0.3 is 11.7 Å². The van der Waals surface area contributed by atoms with Gasteiger partial charge in [-0.25, -0.2) is 9.59 Å². The number of hydrogen-bond donors (Lipinski definition) is 0. The van der Waals surface area contributed by atoms with Crippen LogP contribution in [0.5, 0.6) is 0 Å². The van der Waals surface area contributed by atoms with Gasteiger partial charge in [-0.1, -0.05) is 13.0 Å². The molecule has 0 spiro atoms. The predicted molar refractivity (Wildman–Crippen MR) is 84.9 cm³/mol. The normalized spacial score (nSPS) is 10.5. The van der Waals surface area contributed by atoms with Gasteiger partial charge in [0.1, 0.15) is 0 Å². The van der Waals surface area contributed by atoms with Crippen LogP contribution in [-0.2, 0) is 22.6 Å². The number of nitrogens with zero attached hydrogens (tertiary/aromatic N) is 2. The van der Waals surface area contributed by atoms with Crippen LogP contribution in [0.4, 0.5) is 0 Å². The van der Waals surface area contributed by atoms with E-state index in [1.165, 1.54) is 21.4 Å². The molecule has 1 aromatic heterocycles. The molecule has 0 bridgehead atoms. The molecule has 0 radical (unpaired) electrons. The zero-order valence-electron chi connectivity index (χ0n) is 13.3. The SMILES string of the molecule is C=C(C)C(=O)OCCCCCCn1c(=O)ccn(CC)c1=O. The zero-order valence-corrected chi connectivity index (χ0v) is 13.3. The summed E-state index contributed by atoms with van der Waals surface area (Å²) in [6.45, 7) is 8.33. The van der Waals surface area contributed by atoms with Crippen molar-refractivity contribution < 1.29 is 9.53 Å². The van der Waals surface area contributed by atoms with Gasteiger partial charge in [0.15, 0.2) is 0 Å². The molecule has 1 heterocycles. The van der Waals surface area contributed by atoms with Crippen LogP contribution in [-0.4, -0.2) is 21.7 Å². The second-order valence-corrected chi connectivity index (χ2v) is 5.20. The van der Waals surface area contributed by atoms with Crippen LogP contribution in [0, 0.1) is 0 Å². The maximum absolute atomic E-state index is 12.0. The van der Waals surface area contributed by atoms with E-state index < -0.39 is 0 Å². The lowest BCUT2D eigenvalue weighted by molar-refractivity contribution is -0.139. The molecular weight excluding hydrogens is 284 g/mol. The van der Waals surface area contributed by atoms with Gasteiger partial charge in [0, 0.05) is 30.9 Å². The Balaban J connectivity index is 2.31. The molecular formula is C16H24N2O4. The summed E-state index contributed by atoms with van der Waals surface area (Å²) in [4.78, 5) is 34.8. The van der Waals surface area contributed by atoms with Crippen molar-refractivity contribution in [2.24, 2.45) is 0 Å². The van der Waals surface area contributed by atoms with Gasteiger partial charge in [-0.05, 0) is 33.1 Å². The highest BCUT2D eigenvalue weighted by molar-refractivity contribution is 5.86. The molecule has 0 aliphatic carbocycles. The quantitative estimate of drug-likeness (QED) is 0.395. The second-order valence-electron chi connectivity index (χ2n) is 5.20. The third kappa shape index (κ3) is 5.35. The lowest BCUT2D eigenvalue weighted by Gasteiger charge is -2.08. The number of carbonyl (C=O) groups excluding carboxylic acids is 1. The van der Waals surface area contributed by atoms with Crippen LogP contribution in [0.1, 0.15) is 39.5 Å². The van der Waals surface area contributed by atoms with Crippen molar-refractivity contribution in [2.45, 2.75) is 52.6 Å². The first-order valence-electron chi connectivity index (χ1n) is 7.60. The summed E-state index contributed by atoms with van der Waals surface area (Å²) in [6.07, 6.45) is 4.79. The number of hydrogen-bond acceptors (Lipinski definition) is 4. The van der Waals surface area contributed by atoms with Crippen molar-refractivity contribution in [3.63, 3.8) is 0 Å². The first-order valence-corrected chi connectivity index (χ1v) is 7.60. The highest BCUT2D eigenvalue weighted by Gasteiger charge is 2.04. The van der Waals surface area contributed by atoms with Gasteiger partial charge in [-0.2, -0.15) is 0 Å². The Bertz CT molecular complexity index is 628. The van der Waals surface area contributed by atoms with Crippen LogP contribution in [0.2, 0.25) is 0 Å². The fraction of sp³-hybridized carbons (Fsp3) is 0.562. The number of esters is 1. The van der Waals surface area contributed by atoms with Gasteiger partial charge in [0.05, 0.1) is 6.61 Å². The molecule has 6 nitrogen and oxygen atoms in total. The minimum Gasteiger partial charge on any atom is -0.462 e. The predicted octanol–water partition coefficient (Wildman–Crippen LogP) is 1.71. The minimum atomic E-state index is -0.365. The van der Waals surface area contributed by atoms with Crippen molar-refractivity contribution in [1.29, 1.82) is 0 Å². The smallest absolute Gasteiger partial charge is 0.333 e. The lowest BCUT2D eigenvalue weighted by Crippen LogP contribution is -2.38. The molecule has 1 aromatic rings. The van der Waals surface area contributed by atoms with E-state index in [9.17, 15) is 14.4 Å². The van der Waals surface area contributed by atoms with E-state index in [0.29, 0.717) is 25.3 Å². The molecule has 1 rings (SSSR count). The van der Waals surface area contributed by atoms with E-state index in [1.54, 1.807) is 6.92 Å². The average molecular weight is 308 g/mol. The molecule has 6 heteroatoms. The minimum absolute atomic E-state index is 0.259. The summed E-state index contributed by atoms with van der Waals surface area (Å²) in [5, 5.41) is 0. The second kappa shape index (κ2) is 9.02. The molecule has 0 N–H and O–H groups in total. The van der Waals surface area contributed by atoms with Crippen molar-refractivity contribution in [2.75, 3.05) is 6.61 Å². The molecule has 0 amide bonds. The topological polar surface area (TPSA) is 70.3 Å². The number of ether oxygens (including phenoxy) is 1. The van der Waals surface area contributed by atoms with E-state index in [0.717, 1.165) is 25.7 Å². The van der Waals surface area contributed by atoms with Gasteiger partial charge in [-0.15, -0.1) is 0 Å². The summed E-state index contributed by atoms with van der Waals surface area (Å²) in [5.74, 6) is -0.365. The van der Waals surface area contributed by atoms with Crippen molar-refractivity contribution >= 4 is 5.97 Å². The van der Waals surface area contributed by atoms with Crippen LogP contribution >= 0.6 is 0 Å². The molecule has 0 aliphatic rings. The van der Waals surface area contributed by atoms with E-state index in [4.69, 9.17) is 4.74 Å². The Morgan fingerprint density at radius 2 is 1.91 bits per heavy atom. The average Bonchev–Trinajstić information content (AvgIpc) is 2.48. The van der Waals surface area contributed by atoms with E-state index >= 15 is 0 Å². The first kappa shape index (κ1) is 17.9. The largest absolute Gasteiger partial charge is 0.462 e. The van der Waals surface area contributed by atoms with Crippen molar-refractivity contribution in [3.8, 4) is 0 Å². The molecule has 22 heavy (non-hydrogen) atoms. The molecule has 0 aliphatic heterocycles. The van der Waals surface area contributed by atoms with Gasteiger partial charge in [-0.3, -0.25) is 9.36 Å². The monoisotopic (exact) mass is 308 g/mol. The molecule has 0 aromatic carbocycles. The lowest BCUT2D eigenvalue weighted by atomic mass is 10.2. The van der Waals surface area contributed by atoms with E-state index in [-0.39, 0.29) is 17.2 Å². The zero-order chi connectivity index (χ0) is 16.5. The highest BCUT2D eigenvalue weighted by atomic mass is 16.5. The molecule has 0 unspecified atom stereocenters. The summed E-state index contributed by atoms with van der Waals surface area (Å²) < 4.78 is 7.77. The molecule has 0 atom stereocenters. The number of carbonyl (C=O) groups is 1. The Morgan fingerprint density at radius 1 is 1.23 bits per heavy atom. The van der Waals surface area contributed by atoms with Gasteiger partial charge in [0.2, 0.25) is 0 Å². The molecule has 122 valence electrons. The van der Waals surface area contributed by atoms with Crippen LogP contribution in [0.15, 0.2) is 34.0 Å². The Kier molecular flexibility index (Phi) is 7.36. The standard InChI is InChI=1S/C16H24N2O4/c1-4-17-11-9-14(19)18(16(17)21)10-7-5-6-8-12-22-15(20)13(2)3/h9,11H,2,4-8,10,12H2,1,3H3. The van der Waals surface area contributed by atoms with E-state index in [2.05, 4.69) is 6.58 Å². The third-order valence-corrected chi connectivity index (χ3v) is 3.34. The summed E-state index contributed by atoms with van der Waals surface area (Å²) in [5.41, 5.74) is -0.119. The Morgan fingerprint density at radius 3 is 2.55 bits per heavy atom. The highest BCUT2D eigenvalue weighted by Crippen LogP contribution is 2.02. The number of aryl methyl sites for hydroxylation is 1. The first-order chi connectivity index (χ1) is 10.5. The maximum Gasteiger partial charge on any atom is 0.333 e. The van der Waals surface area contributed by atoms with Crippen LogP contribution in [0.3, 0.4) is 0 Å². The number of unbranched alkanes of at least 4 members (excludes halogenated alkanes) is 3. The van der Waals surface area contributed by atoms with Gasteiger partial charge in [0.25, 0.3) is 5.56 Å². The molecule has 0 fully saturated rings. The fourth-order valence-electron chi connectivity index (χ4n) is 2.02. The van der Waals surface area contributed by atoms with Crippen molar-refractivity contribution in [1.82, 2.24) is 9.13 Å². The fourth-order valence-corrected chi connectivity index (χ4v) is 2.02. The number of rotatable bonds is 9. The number of aromatic nitrogens is 2. The Hall–Kier alpha value is -2.11. The molecule has 0 saturated heterocycles. The summed E-state index contributed by atoms with van der Waals surface area (Å²) in [6, 6.07) is 1.42. The summed E-state index contributed by atoms with van der Waals surface area (Å²) in [7, 11) is 0. The van der Waals surface area contributed by atoms with Crippen LogP contribution in [0.25, 0.3) is 0 Å². The molecule has 0 saturated carbocycles. The third-order valence-electron chi connectivity index (χ3n) is 3.34. The van der Waals surface area contributed by atoms with Gasteiger partial charge < -0.3 is 9.30 Å². The summed E-state index contributed by atoms with van der Waals surface area (Å²) >= 11 is 0.